The number of hydrogen-bond donors (Lipinski definition) is 0. The number of benzene rings is 2. The smallest absolute Gasteiger partial charge is 0.183 e. The van der Waals surface area contributed by atoms with Crippen molar-refractivity contribution in [3.63, 3.8) is 0 Å². The first kappa shape index (κ1) is 16.5. The molecule has 2 nitrogen and oxygen atoms in total. The molecule has 0 aromatic heterocycles. The number of rotatable bonds is 3. The van der Waals surface area contributed by atoms with Crippen LogP contribution >= 0.6 is 23.2 Å². The van der Waals surface area contributed by atoms with E-state index in [1.54, 1.807) is 0 Å². The molecule has 0 saturated carbocycles. The van der Waals surface area contributed by atoms with Crippen LogP contribution in [0.3, 0.4) is 0 Å². The molecular weight excluding hydrogens is 331 g/mol. The van der Waals surface area contributed by atoms with Crippen LogP contribution in [0.1, 0.15) is 18.8 Å². The summed E-state index contributed by atoms with van der Waals surface area (Å²) in [5.41, 5.74) is 3.13. The quantitative estimate of drug-likeness (QED) is 0.643. The first-order chi connectivity index (χ1) is 11.2. The molecule has 0 unspecified atom stereocenters. The van der Waals surface area contributed by atoms with Gasteiger partial charge in [0.1, 0.15) is 0 Å². The lowest BCUT2D eigenvalue weighted by atomic mass is 10.0. The Kier molecular flexibility index (Phi) is 5.39. The number of halogens is 2. The summed E-state index contributed by atoms with van der Waals surface area (Å²) in [6.45, 7) is 3.38. The minimum absolute atomic E-state index is 0.292. The lowest BCUT2D eigenvalue weighted by molar-refractivity contribution is -0.197. The van der Waals surface area contributed by atoms with Crippen molar-refractivity contribution < 1.29 is 9.47 Å². The number of allylic oxidation sites excluding steroid dienone is 1. The molecule has 0 radical (unpaired) electrons. The van der Waals surface area contributed by atoms with E-state index >= 15 is 0 Å². The van der Waals surface area contributed by atoms with Gasteiger partial charge in [-0.25, -0.2) is 0 Å². The van der Waals surface area contributed by atoms with E-state index in [9.17, 15) is 0 Å². The van der Waals surface area contributed by atoms with Crippen LogP contribution in [0.5, 0.6) is 0 Å². The zero-order chi connectivity index (χ0) is 16.2. The van der Waals surface area contributed by atoms with Crippen molar-refractivity contribution in [1.82, 2.24) is 0 Å². The largest absolute Gasteiger partial charge is 0.348 e. The predicted octanol–water partition coefficient (Wildman–Crippen LogP) is 5.90. The Balaban J connectivity index is 1.71. The molecule has 1 saturated heterocycles. The molecule has 1 aliphatic rings. The first-order valence-corrected chi connectivity index (χ1v) is 8.34. The third kappa shape index (κ3) is 3.96. The highest BCUT2D eigenvalue weighted by Crippen LogP contribution is 2.31. The van der Waals surface area contributed by atoms with Gasteiger partial charge < -0.3 is 9.47 Å². The monoisotopic (exact) mass is 348 g/mol. The normalized spacial score (nSPS) is 21.7. The Morgan fingerprint density at radius 3 is 2.17 bits per heavy atom. The third-order valence-corrected chi connectivity index (χ3v) is 4.56. The van der Waals surface area contributed by atoms with E-state index in [1.807, 2.05) is 55.5 Å². The van der Waals surface area contributed by atoms with Crippen molar-refractivity contribution >= 4 is 23.2 Å². The summed E-state index contributed by atoms with van der Waals surface area (Å²) in [7, 11) is 0. The Bertz CT molecular complexity index is 687. The molecule has 2 aromatic rings. The van der Waals surface area contributed by atoms with Gasteiger partial charge in [-0.1, -0.05) is 65.7 Å². The zero-order valence-electron chi connectivity index (χ0n) is 12.8. The zero-order valence-corrected chi connectivity index (χ0v) is 14.3. The molecular formula is C19H18Cl2O2. The van der Waals surface area contributed by atoms with Crippen molar-refractivity contribution in [1.29, 1.82) is 0 Å². The van der Waals surface area contributed by atoms with Gasteiger partial charge >= 0.3 is 0 Å². The number of hydrogen-bond acceptors (Lipinski definition) is 2. The van der Waals surface area contributed by atoms with Gasteiger partial charge in [-0.05, 0) is 30.2 Å². The van der Waals surface area contributed by atoms with Gasteiger partial charge in [-0.2, -0.15) is 0 Å². The SMILES string of the molecule is CC=CC1COC(c2ccc(-c3ccc(Cl)c(Cl)c3)cc2)OC1. The fourth-order valence-corrected chi connectivity index (χ4v) is 2.90. The molecule has 0 amide bonds. The van der Waals surface area contributed by atoms with Gasteiger partial charge in [0, 0.05) is 11.5 Å². The summed E-state index contributed by atoms with van der Waals surface area (Å²) < 4.78 is 11.6. The van der Waals surface area contributed by atoms with Crippen LogP contribution < -0.4 is 0 Å². The van der Waals surface area contributed by atoms with Crippen LogP contribution in [0, 0.1) is 5.92 Å². The second-order valence-electron chi connectivity index (χ2n) is 5.54. The molecule has 0 N–H and O–H groups in total. The second-order valence-corrected chi connectivity index (χ2v) is 6.35. The highest BCUT2D eigenvalue weighted by atomic mass is 35.5. The minimum Gasteiger partial charge on any atom is -0.348 e. The Morgan fingerprint density at radius 2 is 1.57 bits per heavy atom. The molecule has 120 valence electrons. The van der Waals surface area contributed by atoms with Crippen molar-refractivity contribution in [2.75, 3.05) is 13.2 Å². The van der Waals surface area contributed by atoms with Gasteiger partial charge in [0.05, 0.1) is 23.3 Å². The molecule has 2 aromatic carbocycles. The Morgan fingerprint density at radius 1 is 0.913 bits per heavy atom. The van der Waals surface area contributed by atoms with E-state index in [0.717, 1.165) is 16.7 Å². The van der Waals surface area contributed by atoms with Crippen molar-refractivity contribution in [2.45, 2.75) is 13.2 Å². The molecule has 23 heavy (non-hydrogen) atoms. The standard InChI is InChI=1S/C19H18Cl2O2/c1-2-3-13-11-22-19(23-12-13)15-6-4-14(5-7-15)16-8-9-17(20)18(21)10-16/h2-10,13,19H,11-12H2,1H3. The van der Waals surface area contributed by atoms with Gasteiger partial charge in [0.25, 0.3) is 0 Å². The van der Waals surface area contributed by atoms with Gasteiger partial charge in [0.2, 0.25) is 0 Å². The summed E-state index contributed by atoms with van der Waals surface area (Å²) >= 11 is 12.0. The third-order valence-electron chi connectivity index (χ3n) is 3.82. The highest BCUT2D eigenvalue weighted by molar-refractivity contribution is 6.42. The summed E-state index contributed by atoms with van der Waals surface area (Å²) in [4.78, 5) is 0. The lowest BCUT2D eigenvalue weighted by Crippen LogP contribution is -2.25. The van der Waals surface area contributed by atoms with Crippen LogP contribution in [-0.2, 0) is 9.47 Å². The van der Waals surface area contributed by atoms with Crippen LogP contribution in [0.2, 0.25) is 10.0 Å². The molecule has 4 heteroatoms. The summed E-state index contributed by atoms with van der Waals surface area (Å²) in [5.74, 6) is 0.340. The molecule has 1 heterocycles. The van der Waals surface area contributed by atoms with E-state index in [4.69, 9.17) is 32.7 Å². The second kappa shape index (κ2) is 7.50. The molecule has 0 aliphatic carbocycles. The highest BCUT2D eigenvalue weighted by Gasteiger charge is 2.21. The molecule has 0 atom stereocenters. The van der Waals surface area contributed by atoms with E-state index in [0.29, 0.717) is 29.2 Å². The average Bonchev–Trinajstić information content (AvgIpc) is 2.59. The maximum Gasteiger partial charge on any atom is 0.183 e. The minimum atomic E-state index is -0.292. The van der Waals surface area contributed by atoms with E-state index < -0.39 is 0 Å². The van der Waals surface area contributed by atoms with Gasteiger partial charge in [-0.3, -0.25) is 0 Å². The van der Waals surface area contributed by atoms with Crippen LogP contribution in [0.4, 0.5) is 0 Å². The summed E-state index contributed by atoms with van der Waals surface area (Å²) in [5, 5.41) is 1.12. The lowest BCUT2D eigenvalue weighted by Gasteiger charge is -2.28. The molecule has 1 aliphatic heterocycles. The van der Waals surface area contributed by atoms with Gasteiger partial charge in [0.15, 0.2) is 6.29 Å². The fourth-order valence-electron chi connectivity index (χ4n) is 2.60. The molecule has 1 fully saturated rings. The Hall–Kier alpha value is -1.32. The molecule has 0 bridgehead atoms. The first-order valence-electron chi connectivity index (χ1n) is 7.59. The van der Waals surface area contributed by atoms with Crippen LogP contribution in [0.25, 0.3) is 11.1 Å². The van der Waals surface area contributed by atoms with Gasteiger partial charge in [-0.15, -0.1) is 0 Å². The maximum absolute atomic E-state index is 6.08. The van der Waals surface area contributed by atoms with E-state index in [2.05, 4.69) is 6.08 Å². The van der Waals surface area contributed by atoms with Crippen LogP contribution in [0.15, 0.2) is 54.6 Å². The topological polar surface area (TPSA) is 18.5 Å². The summed E-state index contributed by atoms with van der Waals surface area (Å²) in [6.07, 6.45) is 3.85. The molecule has 0 spiro atoms. The average molecular weight is 349 g/mol. The predicted molar refractivity (Wildman–Crippen MR) is 94.8 cm³/mol. The van der Waals surface area contributed by atoms with E-state index in [1.165, 1.54) is 0 Å². The molecule has 3 rings (SSSR count). The van der Waals surface area contributed by atoms with Crippen molar-refractivity contribution in [3.05, 3.63) is 70.2 Å². The Labute approximate surface area is 146 Å². The maximum atomic E-state index is 6.08. The van der Waals surface area contributed by atoms with E-state index in [-0.39, 0.29) is 6.29 Å². The van der Waals surface area contributed by atoms with Crippen LogP contribution in [-0.4, -0.2) is 13.2 Å². The summed E-state index contributed by atoms with van der Waals surface area (Å²) in [6, 6.07) is 13.8. The fraction of sp³-hybridized carbons (Fsp3) is 0.263. The van der Waals surface area contributed by atoms with Crippen molar-refractivity contribution in [3.8, 4) is 11.1 Å². The number of ether oxygens (including phenoxy) is 2. The van der Waals surface area contributed by atoms with Crippen molar-refractivity contribution in [2.24, 2.45) is 5.92 Å².